The predicted octanol–water partition coefficient (Wildman–Crippen LogP) is 2.46. The van der Waals surface area contributed by atoms with E-state index >= 15 is 0 Å². The van der Waals surface area contributed by atoms with E-state index in [1.807, 2.05) is 27.7 Å². The molecule has 2 heterocycles. The molecule has 18 heavy (non-hydrogen) atoms. The van der Waals surface area contributed by atoms with Gasteiger partial charge in [-0.05, 0) is 35.7 Å². The van der Waals surface area contributed by atoms with Crippen molar-refractivity contribution in [2.24, 2.45) is 0 Å². The Morgan fingerprint density at radius 1 is 1.33 bits per heavy atom. The van der Waals surface area contributed by atoms with Crippen LogP contribution < -0.4 is 5.56 Å². The lowest BCUT2D eigenvalue weighted by molar-refractivity contribution is 0.740. The molecule has 1 N–H and O–H groups in total. The second-order valence-electron chi connectivity index (χ2n) is 4.55. The van der Waals surface area contributed by atoms with E-state index in [2.05, 4.69) is 31.0 Å². The number of rotatable bonds is 2. The molecule has 0 radical (unpaired) electrons. The van der Waals surface area contributed by atoms with Crippen LogP contribution in [0, 0.1) is 13.8 Å². The highest BCUT2D eigenvalue weighted by molar-refractivity contribution is 9.10. The van der Waals surface area contributed by atoms with Gasteiger partial charge < -0.3 is 0 Å². The van der Waals surface area contributed by atoms with Crippen LogP contribution in [0.15, 0.2) is 15.3 Å². The van der Waals surface area contributed by atoms with Crippen molar-refractivity contribution in [1.29, 1.82) is 0 Å². The van der Waals surface area contributed by atoms with E-state index in [-0.39, 0.29) is 11.5 Å². The molecule has 0 atom stereocenters. The van der Waals surface area contributed by atoms with Gasteiger partial charge in [-0.3, -0.25) is 9.89 Å². The van der Waals surface area contributed by atoms with E-state index < -0.39 is 0 Å². The Morgan fingerprint density at radius 2 is 2.00 bits per heavy atom. The second kappa shape index (κ2) is 4.68. The number of nitrogens with one attached hydrogen (secondary N) is 1. The third kappa shape index (κ3) is 2.25. The molecule has 0 amide bonds. The van der Waals surface area contributed by atoms with Crippen LogP contribution in [0.2, 0.25) is 0 Å². The standard InChI is InChI=1S/C12H15BrN4O/c1-6(2)11-10(13)12(18)17(16-11)9-5-7(3)14-8(4)15-9/h5-6,16H,1-4H3. The minimum absolute atomic E-state index is 0.129. The Hall–Kier alpha value is -1.43. The molecule has 0 saturated carbocycles. The van der Waals surface area contributed by atoms with Crippen LogP contribution in [0.25, 0.3) is 5.82 Å². The van der Waals surface area contributed by atoms with E-state index in [1.54, 1.807) is 6.07 Å². The fourth-order valence-electron chi connectivity index (χ4n) is 1.79. The quantitative estimate of drug-likeness (QED) is 0.926. The summed E-state index contributed by atoms with van der Waals surface area (Å²) in [6, 6.07) is 1.78. The van der Waals surface area contributed by atoms with Crippen LogP contribution in [-0.2, 0) is 0 Å². The number of nitrogens with zero attached hydrogens (tertiary/aromatic N) is 3. The fourth-order valence-corrected chi connectivity index (χ4v) is 2.51. The lowest BCUT2D eigenvalue weighted by atomic mass is 10.1. The summed E-state index contributed by atoms with van der Waals surface area (Å²) >= 11 is 3.33. The first-order valence-corrected chi connectivity index (χ1v) is 6.52. The highest BCUT2D eigenvalue weighted by Crippen LogP contribution is 2.20. The molecule has 0 saturated heterocycles. The van der Waals surface area contributed by atoms with Gasteiger partial charge in [-0.25, -0.2) is 14.6 Å². The number of halogens is 1. The summed E-state index contributed by atoms with van der Waals surface area (Å²) in [5, 5.41) is 3.09. The highest BCUT2D eigenvalue weighted by Gasteiger charge is 2.16. The second-order valence-corrected chi connectivity index (χ2v) is 5.34. The minimum Gasteiger partial charge on any atom is -0.292 e. The van der Waals surface area contributed by atoms with E-state index in [9.17, 15) is 4.79 Å². The smallest absolute Gasteiger partial charge is 0.287 e. The third-order valence-corrected chi connectivity index (χ3v) is 3.38. The molecule has 2 aromatic heterocycles. The molecule has 0 aliphatic carbocycles. The van der Waals surface area contributed by atoms with Gasteiger partial charge in [0, 0.05) is 11.8 Å². The lowest BCUT2D eigenvalue weighted by Gasteiger charge is -2.04. The van der Waals surface area contributed by atoms with Gasteiger partial charge in [0.1, 0.15) is 10.3 Å². The first kappa shape index (κ1) is 13.0. The summed E-state index contributed by atoms with van der Waals surface area (Å²) in [4.78, 5) is 20.6. The van der Waals surface area contributed by atoms with Gasteiger partial charge in [-0.15, -0.1) is 0 Å². The Labute approximate surface area is 113 Å². The van der Waals surface area contributed by atoms with Crippen molar-refractivity contribution >= 4 is 15.9 Å². The van der Waals surface area contributed by atoms with Crippen molar-refractivity contribution in [3.05, 3.63) is 38.1 Å². The minimum atomic E-state index is -0.129. The third-order valence-electron chi connectivity index (χ3n) is 2.62. The van der Waals surface area contributed by atoms with Crippen molar-refractivity contribution in [2.45, 2.75) is 33.6 Å². The van der Waals surface area contributed by atoms with Crippen molar-refractivity contribution in [2.75, 3.05) is 0 Å². The number of hydrogen-bond donors (Lipinski definition) is 1. The Morgan fingerprint density at radius 3 is 2.50 bits per heavy atom. The van der Waals surface area contributed by atoms with Crippen molar-refractivity contribution in [1.82, 2.24) is 19.7 Å². The van der Waals surface area contributed by atoms with Crippen LogP contribution in [-0.4, -0.2) is 19.7 Å². The topological polar surface area (TPSA) is 63.6 Å². The van der Waals surface area contributed by atoms with Gasteiger partial charge in [0.05, 0.1) is 5.69 Å². The summed E-state index contributed by atoms with van der Waals surface area (Å²) in [7, 11) is 0. The van der Waals surface area contributed by atoms with E-state index in [0.29, 0.717) is 16.1 Å². The Bertz CT molecular complexity index is 622. The molecular formula is C12H15BrN4O. The molecular weight excluding hydrogens is 296 g/mol. The summed E-state index contributed by atoms with van der Waals surface area (Å²) in [6.07, 6.45) is 0. The summed E-state index contributed by atoms with van der Waals surface area (Å²) in [5.74, 6) is 1.45. The molecule has 0 aromatic carbocycles. The Balaban J connectivity index is 2.65. The van der Waals surface area contributed by atoms with Gasteiger partial charge in [0.15, 0.2) is 5.82 Å². The molecule has 96 valence electrons. The maximum Gasteiger partial charge on any atom is 0.287 e. The van der Waals surface area contributed by atoms with Crippen LogP contribution in [0.1, 0.15) is 37.0 Å². The predicted molar refractivity (Wildman–Crippen MR) is 73.2 cm³/mol. The van der Waals surface area contributed by atoms with Gasteiger partial charge in [-0.2, -0.15) is 0 Å². The monoisotopic (exact) mass is 310 g/mol. The summed E-state index contributed by atoms with van der Waals surface area (Å²) < 4.78 is 2.01. The molecule has 2 rings (SSSR count). The van der Waals surface area contributed by atoms with E-state index in [0.717, 1.165) is 11.4 Å². The van der Waals surface area contributed by atoms with E-state index in [1.165, 1.54) is 4.68 Å². The normalized spacial score (nSPS) is 11.2. The molecule has 2 aromatic rings. The van der Waals surface area contributed by atoms with Gasteiger partial charge in [0.2, 0.25) is 0 Å². The van der Waals surface area contributed by atoms with Crippen molar-refractivity contribution in [3.63, 3.8) is 0 Å². The Kier molecular flexibility index (Phi) is 3.38. The zero-order valence-corrected chi connectivity index (χ0v) is 12.4. The first-order chi connectivity index (χ1) is 8.40. The fraction of sp³-hybridized carbons (Fsp3) is 0.417. The zero-order valence-electron chi connectivity index (χ0n) is 10.8. The number of aryl methyl sites for hydroxylation is 2. The van der Waals surface area contributed by atoms with Gasteiger partial charge in [-0.1, -0.05) is 13.8 Å². The average Bonchev–Trinajstić information content (AvgIpc) is 2.55. The van der Waals surface area contributed by atoms with Crippen molar-refractivity contribution in [3.8, 4) is 5.82 Å². The average molecular weight is 311 g/mol. The molecule has 0 bridgehead atoms. The number of aromatic nitrogens is 4. The van der Waals surface area contributed by atoms with Crippen molar-refractivity contribution < 1.29 is 0 Å². The molecule has 0 fully saturated rings. The largest absolute Gasteiger partial charge is 0.292 e. The molecule has 5 nitrogen and oxygen atoms in total. The number of aromatic amines is 1. The van der Waals surface area contributed by atoms with Crippen LogP contribution in [0.5, 0.6) is 0 Å². The van der Waals surface area contributed by atoms with Crippen LogP contribution in [0.4, 0.5) is 0 Å². The SMILES string of the molecule is Cc1cc(-n2[nH]c(C(C)C)c(Br)c2=O)nc(C)n1. The lowest BCUT2D eigenvalue weighted by Crippen LogP contribution is -2.17. The van der Waals surface area contributed by atoms with Gasteiger partial charge >= 0.3 is 0 Å². The van der Waals surface area contributed by atoms with Crippen LogP contribution in [0.3, 0.4) is 0 Å². The molecule has 0 aliphatic heterocycles. The highest BCUT2D eigenvalue weighted by atomic mass is 79.9. The summed E-state index contributed by atoms with van der Waals surface area (Å²) in [5.41, 5.74) is 1.58. The molecule has 0 spiro atoms. The molecule has 0 unspecified atom stereocenters. The van der Waals surface area contributed by atoms with Gasteiger partial charge in [0.25, 0.3) is 5.56 Å². The zero-order chi connectivity index (χ0) is 13.4. The molecule has 0 aliphatic rings. The maximum absolute atomic E-state index is 12.1. The molecule has 6 heteroatoms. The number of H-pyrrole nitrogens is 1. The van der Waals surface area contributed by atoms with Crippen LogP contribution >= 0.6 is 15.9 Å². The van der Waals surface area contributed by atoms with E-state index in [4.69, 9.17) is 0 Å². The number of hydrogen-bond acceptors (Lipinski definition) is 3. The first-order valence-electron chi connectivity index (χ1n) is 5.73. The summed E-state index contributed by atoms with van der Waals surface area (Å²) in [6.45, 7) is 7.74. The maximum atomic E-state index is 12.1.